The molecule has 2 aromatic rings. The van der Waals surface area contributed by atoms with Gasteiger partial charge in [0.25, 0.3) is 5.56 Å². The lowest BCUT2D eigenvalue weighted by atomic mass is 10.3. The molecule has 3 rings (SSSR count). The highest BCUT2D eigenvalue weighted by molar-refractivity contribution is 6.29. The highest BCUT2D eigenvalue weighted by Gasteiger charge is 2.23. The van der Waals surface area contributed by atoms with E-state index in [1.54, 1.807) is 14.0 Å². The third kappa shape index (κ3) is 2.99. The average Bonchev–Trinajstić information content (AvgIpc) is 2.91. The Morgan fingerprint density at radius 3 is 2.54 bits per heavy atom. The number of imidazole rings is 1. The summed E-state index contributed by atoms with van der Waals surface area (Å²) in [6.45, 7) is 5.68. The van der Waals surface area contributed by atoms with Gasteiger partial charge in [0, 0.05) is 44.8 Å². The number of anilines is 1. The van der Waals surface area contributed by atoms with Crippen molar-refractivity contribution in [3.8, 4) is 0 Å². The lowest BCUT2D eigenvalue weighted by Gasteiger charge is -2.33. The summed E-state index contributed by atoms with van der Waals surface area (Å²) in [4.78, 5) is 35.5. The predicted molar refractivity (Wildman–Crippen MR) is 94.9 cm³/mol. The molecule has 0 aromatic carbocycles. The first-order valence-electron chi connectivity index (χ1n) is 7.83. The summed E-state index contributed by atoms with van der Waals surface area (Å²) in [6, 6.07) is 0. The number of H-pyrrole nitrogens is 1. The molecule has 1 aliphatic rings. The smallest absolute Gasteiger partial charge is 0.329 e. The van der Waals surface area contributed by atoms with Crippen molar-refractivity contribution >= 4 is 28.7 Å². The minimum Gasteiger partial charge on any atom is -0.340 e. The van der Waals surface area contributed by atoms with Crippen molar-refractivity contribution in [3.63, 3.8) is 0 Å². The van der Waals surface area contributed by atoms with Crippen molar-refractivity contribution in [3.05, 3.63) is 31.9 Å². The van der Waals surface area contributed by atoms with Crippen LogP contribution in [-0.2, 0) is 13.6 Å². The maximum absolute atomic E-state index is 12.4. The average molecular weight is 353 g/mol. The second-order valence-corrected chi connectivity index (χ2v) is 6.69. The van der Waals surface area contributed by atoms with Gasteiger partial charge in [-0.15, -0.1) is 0 Å². The number of aryl methyl sites for hydroxylation is 1. The Bertz CT molecular complexity index is 897. The zero-order valence-electron chi connectivity index (χ0n) is 14.0. The summed E-state index contributed by atoms with van der Waals surface area (Å²) in [5, 5.41) is 0.641. The van der Waals surface area contributed by atoms with Crippen LogP contribution in [0.25, 0.3) is 11.2 Å². The van der Waals surface area contributed by atoms with Crippen molar-refractivity contribution in [1.29, 1.82) is 0 Å². The van der Waals surface area contributed by atoms with Gasteiger partial charge < -0.3 is 14.4 Å². The van der Waals surface area contributed by atoms with E-state index in [1.807, 2.05) is 10.6 Å². The van der Waals surface area contributed by atoms with Crippen molar-refractivity contribution in [2.45, 2.75) is 13.5 Å². The topological polar surface area (TPSA) is 79.2 Å². The first-order chi connectivity index (χ1) is 11.4. The van der Waals surface area contributed by atoms with Crippen LogP contribution in [0.5, 0.6) is 0 Å². The number of fused-ring (bicyclic) bond motifs is 1. The van der Waals surface area contributed by atoms with Crippen molar-refractivity contribution in [1.82, 2.24) is 24.0 Å². The molecule has 0 atom stereocenters. The highest BCUT2D eigenvalue weighted by Crippen LogP contribution is 2.21. The fraction of sp³-hybridized carbons (Fsp3) is 0.533. The molecule has 0 saturated carbocycles. The van der Waals surface area contributed by atoms with E-state index in [2.05, 4.69) is 26.8 Å². The van der Waals surface area contributed by atoms with Crippen molar-refractivity contribution in [2.75, 3.05) is 38.1 Å². The summed E-state index contributed by atoms with van der Waals surface area (Å²) < 4.78 is 3.19. The lowest BCUT2D eigenvalue weighted by molar-refractivity contribution is 0.310. The molecule has 1 N–H and O–H groups in total. The van der Waals surface area contributed by atoms with Gasteiger partial charge in [-0.1, -0.05) is 17.7 Å². The van der Waals surface area contributed by atoms with Crippen LogP contribution >= 0.6 is 11.6 Å². The summed E-state index contributed by atoms with van der Waals surface area (Å²) in [6.07, 6.45) is 1.83. The van der Waals surface area contributed by atoms with E-state index in [-0.39, 0.29) is 0 Å². The molecule has 8 nitrogen and oxygen atoms in total. The quantitative estimate of drug-likeness (QED) is 0.860. The molecular formula is C15H21ClN6O2. The molecule has 0 bridgehead atoms. The van der Waals surface area contributed by atoms with E-state index in [0.29, 0.717) is 28.7 Å². The number of allylic oxidation sites excluding steroid dienone is 2. The third-order valence-electron chi connectivity index (χ3n) is 4.33. The van der Waals surface area contributed by atoms with Crippen LogP contribution in [0.15, 0.2) is 20.7 Å². The Kier molecular flexibility index (Phi) is 4.51. The van der Waals surface area contributed by atoms with E-state index < -0.39 is 11.2 Å². The zero-order valence-corrected chi connectivity index (χ0v) is 14.8. The normalized spacial score (nSPS) is 17.0. The van der Waals surface area contributed by atoms with E-state index in [9.17, 15) is 9.59 Å². The number of rotatable bonds is 3. The Morgan fingerprint density at radius 1 is 1.25 bits per heavy atom. The second-order valence-electron chi connectivity index (χ2n) is 6.09. The largest absolute Gasteiger partial charge is 0.340 e. The van der Waals surface area contributed by atoms with Gasteiger partial charge in [0.1, 0.15) is 0 Å². The molecule has 2 aromatic heterocycles. The summed E-state index contributed by atoms with van der Waals surface area (Å²) in [5.74, 6) is 0.693. The summed E-state index contributed by atoms with van der Waals surface area (Å²) in [5.41, 5.74) is -0.119. The third-order valence-corrected chi connectivity index (χ3v) is 4.48. The number of aromatic nitrogens is 4. The van der Waals surface area contributed by atoms with E-state index >= 15 is 0 Å². The Morgan fingerprint density at radius 2 is 1.92 bits per heavy atom. The molecule has 24 heavy (non-hydrogen) atoms. The molecule has 1 aliphatic heterocycles. The number of aromatic amines is 1. The van der Waals surface area contributed by atoms with Crippen LogP contribution in [-0.4, -0.2) is 57.2 Å². The lowest BCUT2D eigenvalue weighted by Crippen LogP contribution is -2.45. The molecule has 1 fully saturated rings. The maximum Gasteiger partial charge on any atom is 0.329 e. The fourth-order valence-corrected chi connectivity index (χ4v) is 2.93. The molecule has 0 radical (unpaired) electrons. The van der Waals surface area contributed by atoms with Crippen LogP contribution in [0.4, 0.5) is 5.95 Å². The Balaban J connectivity index is 2.20. The first kappa shape index (κ1) is 16.8. The van der Waals surface area contributed by atoms with Crippen LogP contribution in [0.1, 0.15) is 6.92 Å². The van der Waals surface area contributed by atoms with Gasteiger partial charge in [-0.3, -0.25) is 14.3 Å². The monoisotopic (exact) mass is 352 g/mol. The van der Waals surface area contributed by atoms with Crippen LogP contribution in [0.3, 0.4) is 0 Å². The summed E-state index contributed by atoms with van der Waals surface area (Å²) >= 11 is 5.97. The molecule has 0 aliphatic carbocycles. The minimum absolute atomic E-state index is 0.387. The highest BCUT2D eigenvalue weighted by atomic mass is 35.5. The van der Waals surface area contributed by atoms with Gasteiger partial charge in [0.05, 0.1) is 0 Å². The number of nitrogens with zero attached hydrogens (tertiary/aromatic N) is 5. The molecule has 130 valence electrons. The van der Waals surface area contributed by atoms with Gasteiger partial charge in [0.15, 0.2) is 11.2 Å². The maximum atomic E-state index is 12.4. The van der Waals surface area contributed by atoms with Gasteiger partial charge in [-0.25, -0.2) is 4.79 Å². The molecular weight excluding hydrogens is 332 g/mol. The van der Waals surface area contributed by atoms with Gasteiger partial charge >= 0.3 is 5.69 Å². The molecule has 0 spiro atoms. The zero-order chi connectivity index (χ0) is 17.4. The minimum atomic E-state index is -0.467. The number of nitrogens with one attached hydrogen (secondary N) is 1. The Hall–Kier alpha value is -2.06. The first-order valence-corrected chi connectivity index (χ1v) is 8.21. The molecule has 3 heterocycles. The van der Waals surface area contributed by atoms with E-state index in [4.69, 9.17) is 11.6 Å². The van der Waals surface area contributed by atoms with Crippen LogP contribution in [0, 0.1) is 0 Å². The van der Waals surface area contributed by atoms with E-state index in [0.717, 1.165) is 26.2 Å². The number of hydrogen-bond donors (Lipinski definition) is 1. The number of halogens is 1. The van der Waals surface area contributed by atoms with Gasteiger partial charge in [0.2, 0.25) is 5.95 Å². The standard InChI is InChI=1S/C15H21ClN6O2/c1-10(16)4-5-22-11-12(20(3)15(24)18-13(11)23)17-14(22)21-8-6-19(2)7-9-21/h4H,5-9H2,1-3H3,(H,18,23,24)/b10-4+. The van der Waals surface area contributed by atoms with Crippen molar-refractivity contribution in [2.24, 2.45) is 7.05 Å². The number of likely N-dealkylation sites (N-methyl/N-ethyl adjacent to an activating group) is 1. The molecule has 9 heteroatoms. The second kappa shape index (κ2) is 6.45. The SMILES string of the molecule is C/C(Cl)=C\Cn1c(N2CCN(C)CC2)nc2c1c(=O)[nH]c(=O)n2C. The van der Waals surface area contributed by atoms with Crippen LogP contribution < -0.4 is 16.1 Å². The number of hydrogen-bond acceptors (Lipinski definition) is 5. The number of piperazine rings is 1. The van der Waals surface area contributed by atoms with Gasteiger partial charge in [-0.2, -0.15) is 4.98 Å². The summed E-state index contributed by atoms with van der Waals surface area (Å²) in [7, 11) is 3.68. The molecule has 0 amide bonds. The van der Waals surface area contributed by atoms with Crippen molar-refractivity contribution < 1.29 is 0 Å². The predicted octanol–water partition coefficient (Wildman–Crippen LogP) is 0.318. The molecule has 1 saturated heterocycles. The van der Waals surface area contributed by atoms with Gasteiger partial charge in [-0.05, 0) is 14.0 Å². The molecule has 0 unspecified atom stereocenters. The Labute approximate surface area is 144 Å². The fourth-order valence-electron chi connectivity index (χ4n) is 2.86. The van der Waals surface area contributed by atoms with Crippen LogP contribution in [0.2, 0.25) is 0 Å². The van der Waals surface area contributed by atoms with E-state index in [1.165, 1.54) is 4.57 Å².